The number of nitriles is 1. The van der Waals surface area contributed by atoms with Crippen LogP contribution in [0.15, 0.2) is 24.5 Å². The van der Waals surface area contributed by atoms with Crippen LogP contribution in [0.5, 0.6) is 0 Å². The van der Waals surface area contributed by atoms with Crippen LogP contribution in [0.3, 0.4) is 0 Å². The van der Waals surface area contributed by atoms with Gasteiger partial charge in [0, 0.05) is 18.5 Å². The molecule has 0 aliphatic heterocycles. The van der Waals surface area contributed by atoms with Crippen LogP contribution >= 0.6 is 0 Å². The molecule has 0 saturated heterocycles. The Balaban J connectivity index is 2.97. The van der Waals surface area contributed by atoms with Crippen molar-refractivity contribution in [3.63, 3.8) is 0 Å². The lowest BCUT2D eigenvalue weighted by Crippen LogP contribution is -1.80. The van der Waals surface area contributed by atoms with Gasteiger partial charge in [0.05, 0.1) is 6.07 Å². The van der Waals surface area contributed by atoms with Gasteiger partial charge in [-0.15, -0.1) is 0 Å². The van der Waals surface area contributed by atoms with E-state index < -0.39 is 0 Å². The van der Waals surface area contributed by atoms with Gasteiger partial charge in [0.2, 0.25) is 0 Å². The van der Waals surface area contributed by atoms with E-state index in [-0.39, 0.29) is 0 Å². The molecule has 0 amide bonds. The zero-order valence-corrected chi connectivity index (χ0v) is 6.28. The van der Waals surface area contributed by atoms with Crippen LogP contribution in [0.25, 0.3) is 6.08 Å². The molecule has 0 atom stereocenters. The number of nitrogens with zero attached hydrogens (tertiary/aromatic N) is 2. The molecule has 11 heavy (non-hydrogen) atoms. The molecule has 0 spiro atoms. The smallest absolute Gasteiger partial charge is 0.0912 e. The maximum atomic E-state index is 8.27. The van der Waals surface area contributed by atoms with Crippen molar-refractivity contribution in [3.8, 4) is 6.07 Å². The highest BCUT2D eigenvalue weighted by atomic mass is 14.6. The minimum Gasteiger partial charge on any atom is -0.264 e. The Hall–Kier alpha value is -1.62. The topological polar surface area (TPSA) is 36.7 Å². The molecule has 1 aromatic heterocycles. The zero-order valence-electron chi connectivity index (χ0n) is 6.28. The average Bonchev–Trinajstić information content (AvgIpc) is 2.03. The van der Waals surface area contributed by atoms with Crippen LogP contribution in [0, 0.1) is 18.3 Å². The van der Waals surface area contributed by atoms with E-state index in [2.05, 4.69) is 4.98 Å². The van der Waals surface area contributed by atoms with Crippen LogP contribution < -0.4 is 0 Å². The van der Waals surface area contributed by atoms with Crippen molar-refractivity contribution in [2.24, 2.45) is 0 Å². The summed E-state index contributed by atoms with van der Waals surface area (Å²) in [5.74, 6) is 0. The molecule has 0 radical (unpaired) electrons. The van der Waals surface area contributed by atoms with E-state index in [4.69, 9.17) is 5.26 Å². The molecule has 0 aliphatic carbocycles. The molecule has 2 heteroatoms. The molecule has 0 N–H and O–H groups in total. The fourth-order valence-corrected chi connectivity index (χ4v) is 0.798. The Morgan fingerprint density at radius 1 is 1.64 bits per heavy atom. The number of hydrogen-bond acceptors (Lipinski definition) is 2. The number of allylic oxidation sites excluding steroid dienone is 1. The first-order chi connectivity index (χ1) is 5.34. The maximum Gasteiger partial charge on any atom is 0.0912 e. The first-order valence-electron chi connectivity index (χ1n) is 3.31. The van der Waals surface area contributed by atoms with Gasteiger partial charge in [0.1, 0.15) is 0 Å². The third-order valence-electron chi connectivity index (χ3n) is 1.40. The Bertz CT molecular complexity index is 308. The third kappa shape index (κ3) is 1.91. The van der Waals surface area contributed by atoms with Crippen molar-refractivity contribution in [2.75, 3.05) is 0 Å². The molecule has 0 bridgehead atoms. The summed E-state index contributed by atoms with van der Waals surface area (Å²) in [6, 6.07) is 3.82. The van der Waals surface area contributed by atoms with Crippen molar-refractivity contribution < 1.29 is 0 Å². The fourth-order valence-electron chi connectivity index (χ4n) is 0.798. The van der Waals surface area contributed by atoms with Gasteiger partial charge in [-0.2, -0.15) is 5.26 Å². The lowest BCUT2D eigenvalue weighted by molar-refractivity contribution is 1.26. The summed E-state index contributed by atoms with van der Waals surface area (Å²) < 4.78 is 0. The number of hydrogen-bond donors (Lipinski definition) is 0. The van der Waals surface area contributed by atoms with Gasteiger partial charge >= 0.3 is 0 Å². The van der Waals surface area contributed by atoms with Gasteiger partial charge in [-0.05, 0) is 30.2 Å². The summed E-state index contributed by atoms with van der Waals surface area (Å²) in [5, 5.41) is 8.27. The van der Waals surface area contributed by atoms with Crippen molar-refractivity contribution >= 4 is 6.08 Å². The summed E-state index contributed by atoms with van der Waals surface area (Å²) in [6.07, 6.45) is 6.72. The van der Waals surface area contributed by atoms with Gasteiger partial charge in [0.15, 0.2) is 0 Å². The fraction of sp³-hybridized carbons (Fsp3) is 0.111. The summed E-state index contributed by atoms with van der Waals surface area (Å²) in [7, 11) is 0. The zero-order chi connectivity index (χ0) is 8.10. The van der Waals surface area contributed by atoms with Gasteiger partial charge in [-0.3, -0.25) is 4.98 Å². The second-order valence-corrected chi connectivity index (χ2v) is 2.19. The van der Waals surface area contributed by atoms with Crippen LogP contribution in [0.2, 0.25) is 0 Å². The number of aryl methyl sites for hydroxylation is 1. The summed E-state index contributed by atoms with van der Waals surface area (Å²) in [6.45, 7) is 1.96. The Morgan fingerprint density at radius 3 is 3.09 bits per heavy atom. The first-order valence-corrected chi connectivity index (χ1v) is 3.31. The predicted molar refractivity (Wildman–Crippen MR) is 43.6 cm³/mol. The van der Waals surface area contributed by atoms with Crippen LogP contribution in [-0.4, -0.2) is 4.98 Å². The van der Waals surface area contributed by atoms with Crippen LogP contribution in [0.1, 0.15) is 11.1 Å². The van der Waals surface area contributed by atoms with Gasteiger partial charge in [-0.1, -0.05) is 0 Å². The van der Waals surface area contributed by atoms with Gasteiger partial charge in [0.25, 0.3) is 0 Å². The average molecular weight is 144 g/mol. The second-order valence-electron chi connectivity index (χ2n) is 2.19. The Labute approximate surface area is 65.8 Å². The monoisotopic (exact) mass is 144 g/mol. The molecular formula is C9H8N2. The highest BCUT2D eigenvalue weighted by molar-refractivity contribution is 5.54. The lowest BCUT2D eigenvalue weighted by atomic mass is 10.1. The minimum absolute atomic E-state index is 1.04. The molecule has 1 aromatic rings. The van der Waals surface area contributed by atoms with E-state index >= 15 is 0 Å². The highest BCUT2D eigenvalue weighted by Gasteiger charge is 1.89. The van der Waals surface area contributed by atoms with E-state index in [1.807, 2.05) is 19.1 Å². The molecular weight excluding hydrogens is 136 g/mol. The molecule has 54 valence electrons. The molecule has 0 aromatic carbocycles. The summed E-state index contributed by atoms with van der Waals surface area (Å²) >= 11 is 0. The normalized spacial score (nSPS) is 9.82. The predicted octanol–water partition coefficient (Wildman–Crippen LogP) is 1.93. The van der Waals surface area contributed by atoms with E-state index in [1.165, 1.54) is 6.08 Å². The number of aromatic nitrogens is 1. The lowest BCUT2D eigenvalue weighted by Gasteiger charge is -1.95. The molecule has 0 saturated carbocycles. The maximum absolute atomic E-state index is 8.27. The summed E-state index contributed by atoms with van der Waals surface area (Å²) in [5.41, 5.74) is 2.13. The molecule has 0 unspecified atom stereocenters. The van der Waals surface area contributed by atoms with E-state index in [0.29, 0.717) is 0 Å². The first kappa shape index (κ1) is 7.49. The van der Waals surface area contributed by atoms with Crippen molar-refractivity contribution in [1.82, 2.24) is 4.98 Å². The molecule has 0 aliphatic rings. The Kier molecular flexibility index (Phi) is 2.40. The highest BCUT2D eigenvalue weighted by Crippen LogP contribution is 2.06. The van der Waals surface area contributed by atoms with Crippen LogP contribution in [-0.2, 0) is 0 Å². The minimum atomic E-state index is 1.04. The van der Waals surface area contributed by atoms with Crippen molar-refractivity contribution in [3.05, 3.63) is 35.7 Å². The summed E-state index contributed by atoms with van der Waals surface area (Å²) in [4.78, 5) is 3.94. The molecule has 2 nitrogen and oxygen atoms in total. The number of rotatable bonds is 1. The second kappa shape index (κ2) is 3.52. The standard InChI is InChI=1S/C9H8N2/c1-8-7-11-6-4-9(8)3-2-5-10/h2-4,6-7H,1H3. The van der Waals surface area contributed by atoms with E-state index in [9.17, 15) is 0 Å². The largest absolute Gasteiger partial charge is 0.264 e. The molecule has 1 heterocycles. The van der Waals surface area contributed by atoms with Gasteiger partial charge < -0.3 is 0 Å². The Morgan fingerprint density at radius 2 is 2.45 bits per heavy atom. The SMILES string of the molecule is Cc1cnccc1C=CC#N. The van der Waals surface area contributed by atoms with Crippen molar-refractivity contribution in [1.29, 1.82) is 5.26 Å². The van der Waals surface area contributed by atoms with E-state index in [0.717, 1.165) is 11.1 Å². The quantitative estimate of drug-likeness (QED) is 0.564. The van der Waals surface area contributed by atoms with Crippen LogP contribution in [0.4, 0.5) is 0 Å². The van der Waals surface area contributed by atoms with Crippen molar-refractivity contribution in [2.45, 2.75) is 6.92 Å². The molecule has 1 rings (SSSR count). The number of pyridine rings is 1. The third-order valence-corrected chi connectivity index (χ3v) is 1.40. The van der Waals surface area contributed by atoms with E-state index in [1.54, 1.807) is 18.5 Å². The molecule has 0 fully saturated rings. The van der Waals surface area contributed by atoms with Gasteiger partial charge in [-0.25, -0.2) is 0 Å².